The number of amides is 2. The highest BCUT2D eigenvalue weighted by molar-refractivity contribution is 6.25. The largest absolute Gasteiger partial charge is 0.274 e. The number of anilines is 1. The van der Waals surface area contributed by atoms with Crippen LogP contribution in [-0.2, 0) is 9.59 Å². The van der Waals surface area contributed by atoms with Crippen molar-refractivity contribution in [3.63, 3.8) is 0 Å². The molecule has 28 heavy (non-hydrogen) atoms. The highest BCUT2D eigenvalue weighted by Gasteiger charge is 2.68. The Bertz CT molecular complexity index is 1100. The third-order valence-electron chi connectivity index (χ3n) is 7.03. The van der Waals surface area contributed by atoms with Crippen molar-refractivity contribution in [1.29, 1.82) is 0 Å². The van der Waals surface area contributed by atoms with Crippen molar-refractivity contribution in [2.24, 2.45) is 11.3 Å². The zero-order chi connectivity index (χ0) is 19.0. The smallest absolute Gasteiger partial charge is 0.241 e. The molecule has 0 N–H and O–H groups in total. The lowest BCUT2D eigenvalue weighted by Crippen LogP contribution is -2.49. The Labute approximate surface area is 163 Å². The Morgan fingerprint density at radius 2 is 1.21 bits per heavy atom. The number of nitrogens with zero attached hydrogens (tertiary/aromatic N) is 1. The summed E-state index contributed by atoms with van der Waals surface area (Å²) in [4.78, 5) is 28.9. The summed E-state index contributed by atoms with van der Waals surface area (Å²) in [6.45, 7) is 2.00. The fraction of sp³-hybridized carbons (Fsp3) is 0.200. The SMILES string of the molecule is C[C@@]12C(=O)N(c3ccccc3)C(=O)[C@@H]1C1c3ccccc3C2c2ccccc21. The molecule has 0 radical (unpaired) electrons. The summed E-state index contributed by atoms with van der Waals surface area (Å²) in [7, 11) is 0. The van der Waals surface area contributed by atoms with Gasteiger partial charge < -0.3 is 0 Å². The van der Waals surface area contributed by atoms with E-state index in [-0.39, 0.29) is 29.6 Å². The van der Waals surface area contributed by atoms with Crippen molar-refractivity contribution in [2.45, 2.75) is 18.8 Å². The van der Waals surface area contributed by atoms with Crippen LogP contribution in [0.3, 0.4) is 0 Å². The lowest BCUT2D eigenvalue weighted by atomic mass is 9.48. The molecule has 2 atom stereocenters. The van der Waals surface area contributed by atoms with Crippen LogP contribution in [0.15, 0.2) is 78.9 Å². The quantitative estimate of drug-likeness (QED) is 0.597. The van der Waals surface area contributed by atoms with Crippen molar-refractivity contribution in [2.75, 3.05) is 4.90 Å². The first-order valence-electron chi connectivity index (χ1n) is 9.75. The minimum atomic E-state index is -0.764. The molecule has 2 amide bonds. The predicted octanol–water partition coefficient (Wildman–Crippen LogP) is 4.47. The molecule has 4 aliphatic rings. The van der Waals surface area contributed by atoms with E-state index in [0.29, 0.717) is 5.69 Å². The van der Waals surface area contributed by atoms with Crippen LogP contribution in [0, 0.1) is 11.3 Å². The first kappa shape index (κ1) is 15.8. The molecule has 7 rings (SSSR count). The number of carbonyl (C=O) groups excluding carboxylic acids is 2. The topological polar surface area (TPSA) is 37.4 Å². The summed E-state index contributed by atoms with van der Waals surface area (Å²) < 4.78 is 0. The number of benzene rings is 3. The van der Waals surface area contributed by atoms with E-state index in [4.69, 9.17) is 0 Å². The standard InChI is InChI=1S/C25H19NO2/c1-25-21-18-13-7-5-11-16(18)20(17-12-6-8-14-19(17)21)22(25)23(27)26(24(25)28)15-9-3-2-4-10-15/h2-14,20-22H,1H3/t20?,21?,22-,25-/m0/s1. The Balaban J connectivity index is 1.64. The van der Waals surface area contributed by atoms with E-state index in [1.165, 1.54) is 27.2 Å². The summed E-state index contributed by atoms with van der Waals surface area (Å²) >= 11 is 0. The molecule has 3 aromatic carbocycles. The summed E-state index contributed by atoms with van der Waals surface area (Å²) in [5, 5.41) is 0. The molecule has 3 nitrogen and oxygen atoms in total. The monoisotopic (exact) mass is 365 g/mol. The normalized spacial score (nSPS) is 29.5. The summed E-state index contributed by atoms with van der Waals surface area (Å²) in [5.41, 5.74) is 4.69. The first-order valence-corrected chi connectivity index (χ1v) is 9.75. The second kappa shape index (κ2) is 5.20. The molecule has 1 fully saturated rings. The van der Waals surface area contributed by atoms with E-state index in [1.54, 1.807) is 0 Å². The van der Waals surface area contributed by atoms with Crippen LogP contribution in [0.1, 0.15) is 41.0 Å². The van der Waals surface area contributed by atoms with Crippen LogP contribution in [0.2, 0.25) is 0 Å². The number of carbonyl (C=O) groups is 2. The summed E-state index contributed by atoms with van der Waals surface area (Å²) in [6.07, 6.45) is 0. The Kier molecular flexibility index (Phi) is 2.94. The fourth-order valence-corrected chi connectivity index (χ4v) is 5.94. The van der Waals surface area contributed by atoms with Gasteiger partial charge in [-0.25, -0.2) is 4.90 Å². The van der Waals surface area contributed by atoms with Gasteiger partial charge in [-0.05, 0) is 41.3 Å². The second-order valence-electron chi connectivity index (χ2n) is 8.24. The molecule has 0 spiro atoms. The van der Waals surface area contributed by atoms with Gasteiger partial charge in [0.2, 0.25) is 11.8 Å². The number of rotatable bonds is 1. The minimum absolute atomic E-state index is 0.0716. The molecular weight excluding hydrogens is 346 g/mol. The van der Waals surface area contributed by atoms with Gasteiger partial charge in [-0.1, -0.05) is 66.7 Å². The van der Waals surface area contributed by atoms with E-state index in [1.807, 2.05) is 61.5 Å². The molecule has 1 aliphatic heterocycles. The fourth-order valence-electron chi connectivity index (χ4n) is 5.94. The highest BCUT2D eigenvalue weighted by atomic mass is 16.2. The van der Waals surface area contributed by atoms with Gasteiger partial charge in [0.05, 0.1) is 17.0 Å². The molecule has 3 aliphatic carbocycles. The number of imide groups is 1. The molecule has 3 aromatic rings. The molecule has 0 aromatic heterocycles. The number of hydrogen-bond acceptors (Lipinski definition) is 2. The molecule has 1 saturated heterocycles. The first-order chi connectivity index (χ1) is 13.6. The van der Waals surface area contributed by atoms with Crippen LogP contribution in [0.25, 0.3) is 0 Å². The van der Waals surface area contributed by atoms with E-state index in [0.717, 1.165) is 0 Å². The second-order valence-corrected chi connectivity index (χ2v) is 8.24. The van der Waals surface area contributed by atoms with Crippen molar-refractivity contribution in [1.82, 2.24) is 0 Å². The van der Waals surface area contributed by atoms with Crippen molar-refractivity contribution >= 4 is 17.5 Å². The summed E-state index contributed by atoms with van der Waals surface area (Å²) in [6, 6.07) is 26.0. The third-order valence-corrected chi connectivity index (χ3v) is 7.03. The maximum absolute atomic E-state index is 13.8. The number of para-hydroxylation sites is 1. The zero-order valence-electron chi connectivity index (χ0n) is 15.5. The van der Waals surface area contributed by atoms with Gasteiger partial charge in [-0.3, -0.25) is 9.59 Å². The van der Waals surface area contributed by atoms with Crippen LogP contribution >= 0.6 is 0 Å². The van der Waals surface area contributed by atoms with Gasteiger partial charge in [0.25, 0.3) is 0 Å². The Morgan fingerprint density at radius 3 is 1.79 bits per heavy atom. The summed E-state index contributed by atoms with van der Waals surface area (Å²) in [5.74, 6) is -0.687. The molecular formula is C25H19NO2. The van der Waals surface area contributed by atoms with Crippen LogP contribution < -0.4 is 4.90 Å². The van der Waals surface area contributed by atoms with E-state index in [9.17, 15) is 9.59 Å². The van der Waals surface area contributed by atoms with Gasteiger partial charge in [0, 0.05) is 11.8 Å². The van der Waals surface area contributed by atoms with E-state index >= 15 is 0 Å². The minimum Gasteiger partial charge on any atom is -0.274 e. The van der Waals surface area contributed by atoms with Gasteiger partial charge in [-0.15, -0.1) is 0 Å². The van der Waals surface area contributed by atoms with E-state index < -0.39 is 5.41 Å². The van der Waals surface area contributed by atoms with Crippen LogP contribution in [0.4, 0.5) is 5.69 Å². The van der Waals surface area contributed by atoms with Crippen LogP contribution in [0.5, 0.6) is 0 Å². The average Bonchev–Trinajstić information content (AvgIpc) is 2.95. The lowest BCUT2D eigenvalue weighted by molar-refractivity contribution is -0.128. The molecule has 0 saturated carbocycles. The van der Waals surface area contributed by atoms with Gasteiger partial charge in [0.15, 0.2) is 0 Å². The van der Waals surface area contributed by atoms with Crippen molar-refractivity contribution in [3.8, 4) is 0 Å². The van der Waals surface area contributed by atoms with Crippen LogP contribution in [-0.4, -0.2) is 11.8 Å². The van der Waals surface area contributed by atoms with Gasteiger partial charge >= 0.3 is 0 Å². The lowest BCUT2D eigenvalue weighted by Gasteiger charge is -2.51. The molecule has 0 unspecified atom stereocenters. The van der Waals surface area contributed by atoms with Crippen molar-refractivity contribution < 1.29 is 9.59 Å². The Hall–Kier alpha value is -3.20. The maximum atomic E-state index is 13.8. The van der Waals surface area contributed by atoms with Gasteiger partial charge in [0.1, 0.15) is 0 Å². The predicted molar refractivity (Wildman–Crippen MR) is 107 cm³/mol. The maximum Gasteiger partial charge on any atom is 0.241 e. The molecule has 2 bridgehead atoms. The zero-order valence-corrected chi connectivity index (χ0v) is 15.5. The van der Waals surface area contributed by atoms with Crippen molar-refractivity contribution in [3.05, 3.63) is 101 Å². The Morgan fingerprint density at radius 1 is 0.714 bits per heavy atom. The number of hydrogen-bond donors (Lipinski definition) is 0. The molecule has 136 valence electrons. The molecule has 1 heterocycles. The van der Waals surface area contributed by atoms with Gasteiger partial charge in [-0.2, -0.15) is 0 Å². The third kappa shape index (κ3) is 1.66. The highest BCUT2D eigenvalue weighted by Crippen LogP contribution is 2.67. The molecule has 3 heteroatoms. The van der Waals surface area contributed by atoms with E-state index in [2.05, 4.69) is 24.3 Å². The average molecular weight is 365 g/mol.